The number of hydrogen-bond acceptors (Lipinski definition) is 3. The number of H-pyrrole nitrogens is 1. The highest BCUT2D eigenvalue weighted by molar-refractivity contribution is 7.99. The van der Waals surface area contributed by atoms with E-state index in [1.165, 1.54) is 12.1 Å². The summed E-state index contributed by atoms with van der Waals surface area (Å²) in [5, 5.41) is 9.36. The van der Waals surface area contributed by atoms with Gasteiger partial charge in [-0.05, 0) is 42.1 Å². The van der Waals surface area contributed by atoms with E-state index in [0.29, 0.717) is 10.1 Å². The number of fused-ring (bicyclic) bond motifs is 1. The van der Waals surface area contributed by atoms with Crippen LogP contribution in [0.2, 0.25) is 0 Å². The Balaban J connectivity index is 1.92. The second-order valence-corrected chi connectivity index (χ2v) is 5.14. The fraction of sp³-hybridized carbons (Fsp3) is 0. The smallest absolute Gasteiger partial charge is 0.335 e. The van der Waals surface area contributed by atoms with Crippen LogP contribution in [-0.2, 0) is 0 Å². The van der Waals surface area contributed by atoms with Crippen LogP contribution >= 0.6 is 11.8 Å². The minimum atomic E-state index is -1.15. The monoisotopic (exact) mass is 288 g/mol. The molecule has 20 heavy (non-hydrogen) atoms. The van der Waals surface area contributed by atoms with E-state index in [1.54, 1.807) is 0 Å². The number of halogens is 1. The van der Waals surface area contributed by atoms with Crippen LogP contribution in [0.3, 0.4) is 0 Å². The zero-order valence-electron chi connectivity index (χ0n) is 10.1. The number of hydrogen-bond donors (Lipinski definition) is 2. The Bertz CT molecular complexity index is 768. The van der Waals surface area contributed by atoms with Crippen LogP contribution in [0.4, 0.5) is 4.39 Å². The summed E-state index contributed by atoms with van der Waals surface area (Å²) in [4.78, 5) is 18.5. The lowest BCUT2D eigenvalue weighted by Gasteiger charge is -2.01. The molecule has 0 aliphatic heterocycles. The first kappa shape index (κ1) is 12.7. The predicted molar refractivity (Wildman–Crippen MR) is 73.6 cm³/mol. The molecule has 0 saturated heterocycles. The molecule has 2 aromatic carbocycles. The zero-order valence-corrected chi connectivity index (χ0v) is 10.9. The van der Waals surface area contributed by atoms with Crippen molar-refractivity contribution in [3.63, 3.8) is 0 Å². The summed E-state index contributed by atoms with van der Waals surface area (Å²) in [6.45, 7) is 0. The van der Waals surface area contributed by atoms with E-state index in [9.17, 15) is 9.18 Å². The van der Waals surface area contributed by atoms with E-state index in [0.717, 1.165) is 28.9 Å². The molecule has 0 aliphatic rings. The third kappa shape index (κ3) is 2.37. The number of aromatic amines is 1. The van der Waals surface area contributed by atoms with Gasteiger partial charge in [-0.2, -0.15) is 0 Å². The van der Waals surface area contributed by atoms with Crippen LogP contribution in [0, 0.1) is 5.82 Å². The Morgan fingerprint density at radius 1 is 1.25 bits per heavy atom. The molecule has 0 amide bonds. The van der Waals surface area contributed by atoms with Gasteiger partial charge in [0.25, 0.3) is 0 Å². The number of aromatic carboxylic acids is 1. The number of carbonyl (C=O) groups is 1. The largest absolute Gasteiger partial charge is 0.478 e. The second-order valence-electron chi connectivity index (χ2n) is 4.11. The van der Waals surface area contributed by atoms with Crippen molar-refractivity contribution in [2.24, 2.45) is 0 Å². The molecule has 100 valence electrons. The van der Waals surface area contributed by atoms with Gasteiger partial charge in [0, 0.05) is 0 Å². The number of carboxylic acids is 1. The zero-order chi connectivity index (χ0) is 14.1. The third-order valence-corrected chi connectivity index (χ3v) is 3.69. The summed E-state index contributed by atoms with van der Waals surface area (Å²) >= 11 is 1.13. The summed E-state index contributed by atoms with van der Waals surface area (Å²) in [5.74, 6) is -1.72. The summed E-state index contributed by atoms with van der Waals surface area (Å²) in [6.07, 6.45) is 0. The molecular formula is C14H9FN2O2S. The first-order valence-corrected chi connectivity index (χ1v) is 6.60. The van der Waals surface area contributed by atoms with Crippen LogP contribution in [0.1, 0.15) is 10.4 Å². The van der Waals surface area contributed by atoms with E-state index in [4.69, 9.17) is 5.11 Å². The SMILES string of the molecule is O=C(O)c1ccc(Sc2nc3ccccc3[nH]2)c(F)c1. The van der Waals surface area contributed by atoms with Crippen molar-refractivity contribution in [2.45, 2.75) is 10.1 Å². The van der Waals surface area contributed by atoms with Gasteiger partial charge in [-0.25, -0.2) is 14.2 Å². The molecule has 2 N–H and O–H groups in total. The number of nitrogens with zero attached hydrogens (tertiary/aromatic N) is 1. The lowest BCUT2D eigenvalue weighted by Crippen LogP contribution is -1.97. The molecule has 0 saturated carbocycles. The van der Waals surface area contributed by atoms with Gasteiger partial charge in [-0.3, -0.25) is 0 Å². The summed E-state index contributed by atoms with van der Waals surface area (Å²) in [7, 11) is 0. The minimum Gasteiger partial charge on any atom is -0.478 e. The first-order valence-electron chi connectivity index (χ1n) is 5.79. The molecule has 0 unspecified atom stereocenters. The highest BCUT2D eigenvalue weighted by Gasteiger charge is 2.11. The normalized spacial score (nSPS) is 10.8. The number of aromatic nitrogens is 2. The van der Waals surface area contributed by atoms with Gasteiger partial charge < -0.3 is 10.1 Å². The van der Waals surface area contributed by atoms with E-state index in [-0.39, 0.29) is 5.56 Å². The second kappa shape index (κ2) is 4.97. The van der Waals surface area contributed by atoms with E-state index in [2.05, 4.69) is 9.97 Å². The van der Waals surface area contributed by atoms with Crippen molar-refractivity contribution in [2.75, 3.05) is 0 Å². The number of nitrogens with one attached hydrogen (secondary N) is 1. The molecule has 0 fully saturated rings. The number of rotatable bonds is 3. The maximum atomic E-state index is 13.8. The molecular weight excluding hydrogens is 279 g/mol. The van der Waals surface area contributed by atoms with Crippen LogP contribution in [0.25, 0.3) is 11.0 Å². The molecule has 1 heterocycles. The van der Waals surface area contributed by atoms with Gasteiger partial charge in [-0.1, -0.05) is 12.1 Å². The molecule has 3 rings (SSSR count). The van der Waals surface area contributed by atoms with E-state index >= 15 is 0 Å². The Morgan fingerprint density at radius 2 is 2.05 bits per heavy atom. The van der Waals surface area contributed by atoms with E-state index in [1.807, 2.05) is 24.3 Å². The average molecular weight is 288 g/mol. The number of carboxylic acid groups (broad SMARTS) is 1. The fourth-order valence-electron chi connectivity index (χ4n) is 1.80. The number of imidazole rings is 1. The lowest BCUT2D eigenvalue weighted by atomic mass is 10.2. The standard InChI is InChI=1S/C14H9FN2O2S/c15-9-7-8(13(18)19)5-6-12(9)20-14-16-10-3-1-2-4-11(10)17-14/h1-7H,(H,16,17)(H,18,19). The molecule has 0 radical (unpaired) electrons. The molecule has 1 aromatic heterocycles. The van der Waals surface area contributed by atoms with Crippen molar-refractivity contribution in [3.05, 3.63) is 53.8 Å². The maximum Gasteiger partial charge on any atom is 0.335 e. The maximum absolute atomic E-state index is 13.8. The first-order chi connectivity index (χ1) is 9.63. The molecule has 0 aliphatic carbocycles. The van der Waals surface area contributed by atoms with Crippen LogP contribution in [0.15, 0.2) is 52.5 Å². The van der Waals surface area contributed by atoms with Gasteiger partial charge in [0.05, 0.1) is 21.5 Å². The van der Waals surface area contributed by atoms with Crippen molar-refractivity contribution in [1.82, 2.24) is 9.97 Å². The molecule has 0 spiro atoms. The Morgan fingerprint density at radius 3 is 2.75 bits per heavy atom. The van der Waals surface area contributed by atoms with Crippen LogP contribution in [-0.4, -0.2) is 21.0 Å². The summed E-state index contributed by atoms with van der Waals surface area (Å²) < 4.78 is 13.8. The fourth-order valence-corrected chi connectivity index (χ4v) is 2.60. The number of benzene rings is 2. The average Bonchev–Trinajstić information content (AvgIpc) is 2.83. The van der Waals surface area contributed by atoms with Crippen molar-refractivity contribution in [1.29, 1.82) is 0 Å². The summed E-state index contributed by atoms with van der Waals surface area (Å²) in [6, 6.07) is 11.3. The number of para-hydroxylation sites is 2. The molecule has 3 aromatic rings. The Kier molecular flexibility index (Phi) is 3.15. The van der Waals surface area contributed by atoms with Gasteiger partial charge in [0.2, 0.25) is 0 Å². The topological polar surface area (TPSA) is 66.0 Å². The van der Waals surface area contributed by atoms with E-state index < -0.39 is 11.8 Å². The molecule has 0 atom stereocenters. The highest BCUT2D eigenvalue weighted by Crippen LogP contribution is 2.29. The van der Waals surface area contributed by atoms with Gasteiger partial charge in [0.15, 0.2) is 5.16 Å². The minimum absolute atomic E-state index is 0.0727. The summed E-state index contributed by atoms with van der Waals surface area (Å²) in [5.41, 5.74) is 1.60. The Hall–Kier alpha value is -2.34. The van der Waals surface area contributed by atoms with Crippen molar-refractivity contribution >= 4 is 28.8 Å². The van der Waals surface area contributed by atoms with Crippen molar-refractivity contribution < 1.29 is 14.3 Å². The van der Waals surface area contributed by atoms with Crippen LogP contribution < -0.4 is 0 Å². The van der Waals surface area contributed by atoms with Gasteiger partial charge in [-0.15, -0.1) is 0 Å². The molecule has 0 bridgehead atoms. The predicted octanol–water partition coefficient (Wildman–Crippen LogP) is 3.55. The Labute approximate surface area is 117 Å². The quantitative estimate of drug-likeness (QED) is 0.773. The molecule has 4 nitrogen and oxygen atoms in total. The molecule has 6 heteroatoms. The van der Waals surface area contributed by atoms with Gasteiger partial charge >= 0.3 is 5.97 Å². The van der Waals surface area contributed by atoms with Crippen molar-refractivity contribution in [3.8, 4) is 0 Å². The van der Waals surface area contributed by atoms with Gasteiger partial charge in [0.1, 0.15) is 5.82 Å². The van der Waals surface area contributed by atoms with Crippen LogP contribution in [0.5, 0.6) is 0 Å². The highest BCUT2D eigenvalue weighted by atomic mass is 32.2. The third-order valence-electron chi connectivity index (χ3n) is 2.75. The lowest BCUT2D eigenvalue weighted by molar-refractivity contribution is 0.0696.